The van der Waals surface area contributed by atoms with E-state index in [2.05, 4.69) is 27.1 Å². The molecule has 2 heterocycles. The van der Waals surface area contributed by atoms with Crippen LogP contribution in [0.2, 0.25) is 0 Å². The number of nitrogens with two attached hydrogens (primary N) is 1. The number of nitrogens with zero attached hydrogens (tertiary/aromatic N) is 4. The van der Waals surface area contributed by atoms with E-state index in [0.717, 1.165) is 33.3 Å². The molecular weight excluding hydrogens is 310 g/mol. The van der Waals surface area contributed by atoms with Gasteiger partial charge in [-0.25, -0.2) is 15.0 Å². The van der Waals surface area contributed by atoms with Crippen LogP contribution in [-0.4, -0.2) is 15.0 Å². The summed E-state index contributed by atoms with van der Waals surface area (Å²) in [5.41, 5.74) is 10.9. The molecule has 0 bridgehead atoms. The molecule has 0 saturated carbocycles. The molecule has 0 radical (unpaired) electrons. The monoisotopic (exact) mass is 323 g/mol. The lowest BCUT2D eigenvalue weighted by Gasteiger charge is -2.08. The van der Waals surface area contributed by atoms with Gasteiger partial charge in [0.2, 0.25) is 0 Å². The number of rotatable bonds is 2. The summed E-state index contributed by atoms with van der Waals surface area (Å²) in [6, 6.07) is 19.3. The first kappa shape index (κ1) is 14.8. The Morgan fingerprint density at radius 1 is 0.800 bits per heavy atom. The summed E-state index contributed by atoms with van der Waals surface area (Å²) in [6.07, 6.45) is 3.31. The van der Waals surface area contributed by atoms with Crippen LogP contribution in [-0.2, 0) is 0 Å². The number of anilines is 1. The molecule has 2 N–H and O–H groups in total. The molecule has 118 valence electrons. The highest BCUT2D eigenvalue weighted by Gasteiger charge is 2.08. The molecule has 2 aromatic carbocycles. The van der Waals surface area contributed by atoms with Gasteiger partial charge in [-0.05, 0) is 42.0 Å². The molecule has 4 rings (SSSR count). The molecular formula is C20H13N5. The fourth-order valence-corrected chi connectivity index (χ4v) is 2.74. The van der Waals surface area contributed by atoms with Crippen molar-refractivity contribution >= 4 is 16.7 Å². The molecule has 0 unspecified atom stereocenters. The maximum Gasteiger partial charge on any atom is 0.123 e. The summed E-state index contributed by atoms with van der Waals surface area (Å²) >= 11 is 0. The van der Waals surface area contributed by atoms with Crippen molar-refractivity contribution in [1.29, 1.82) is 5.26 Å². The van der Waals surface area contributed by atoms with Gasteiger partial charge in [0.25, 0.3) is 0 Å². The Hall–Kier alpha value is -3.78. The van der Waals surface area contributed by atoms with Crippen molar-refractivity contribution in [2.45, 2.75) is 0 Å². The Balaban J connectivity index is 1.88. The average Bonchev–Trinajstić information content (AvgIpc) is 2.68. The third kappa shape index (κ3) is 2.77. The predicted octanol–water partition coefficient (Wildman–Crippen LogP) is 3.81. The number of pyridine rings is 1. The number of benzene rings is 2. The smallest absolute Gasteiger partial charge is 0.123 e. The number of nitrogen functional groups attached to an aromatic ring is 1. The third-order valence-electron chi connectivity index (χ3n) is 4.04. The zero-order valence-electron chi connectivity index (χ0n) is 13.2. The first-order valence-corrected chi connectivity index (χ1v) is 7.72. The van der Waals surface area contributed by atoms with Crippen LogP contribution in [0.4, 0.5) is 5.82 Å². The molecule has 0 spiro atoms. The maximum absolute atomic E-state index is 8.96. The van der Waals surface area contributed by atoms with Gasteiger partial charge >= 0.3 is 0 Å². The second-order valence-corrected chi connectivity index (χ2v) is 5.62. The lowest BCUT2D eigenvalue weighted by Crippen LogP contribution is -1.91. The van der Waals surface area contributed by atoms with E-state index in [1.165, 1.54) is 0 Å². The van der Waals surface area contributed by atoms with Crippen molar-refractivity contribution in [3.8, 4) is 28.5 Å². The second-order valence-electron chi connectivity index (χ2n) is 5.62. The van der Waals surface area contributed by atoms with Gasteiger partial charge in [0, 0.05) is 22.7 Å². The highest BCUT2D eigenvalue weighted by molar-refractivity contribution is 5.95. The summed E-state index contributed by atoms with van der Waals surface area (Å²) in [7, 11) is 0. The normalized spacial score (nSPS) is 10.5. The molecule has 0 saturated heterocycles. The molecule has 5 heteroatoms. The number of hydrogen-bond donors (Lipinski definition) is 1. The predicted molar refractivity (Wildman–Crippen MR) is 97.3 cm³/mol. The number of nitriles is 1. The van der Waals surface area contributed by atoms with Crippen molar-refractivity contribution in [3.63, 3.8) is 0 Å². The quantitative estimate of drug-likeness (QED) is 0.606. The Morgan fingerprint density at radius 2 is 1.56 bits per heavy atom. The highest BCUT2D eigenvalue weighted by Crippen LogP contribution is 2.29. The summed E-state index contributed by atoms with van der Waals surface area (Å²) < 4.78 is 0. The molecule has 25 heavy (non-hydrogen) atoms. The van der Waals surface area contributed by atoms with Gasteiger partial charge in [0.15, 0.2) is 0 Å². The van der Waals surface area contributed by atoms with E-state index in [1.54, 1.807) is 30.7 Å². The van der Waals surface area contributed by atoms with Crippen LogP contribution in [0.25, 0.3) is 33.3 Å². The van der Waals surface area contributed by atoms with Crippen LogP contribution in [0.15, 0.2) is 67.1 Å². The van der Waals surface area contributed by atoms with E-state index >= 15 is 0 Å². The molecule has 5 nitrogen and oxygen atoms in total. The highest BCUT2D eigenvalue weighted by atomic mass is 14.8. The zero-order chi connectivity index (χ0) is 17.2. The van der Waals surface area contributed by atoms with Gasteiger partial charge in [-0.1, -0.05) is 18.2 Å². The number of aromatic nitrogens is 3. The minimum atomic E-state index is 0.492. The molecule has 4 aromatic rings. The Labute approximate surface area is 144 Å². The summed E-state index contributed by atoms with van der Waals surface area (Å²) in [5, 5.41) is 9.91. The number of hydrogen-bond acceptors (Lipinski definition) is 5. The minimum absolute atomic E-state index is 0.492. The number of fused-ring (bicyclic) bond motifs is 1. The SMILES string of the molecule is N#Cc1ccc(-c2ncnc3ccc(-c4ccc(N)nc4)cc23)cc1. The van der Waals surface area contributed by atoms with Crippen LogP contribution in [0, 0.1) is 11.3 Å². The van der Waals surface area contributed by atoms with Crippen molar-refractivity contribution < 1.29 is 0 Å². The topological polar surface area (TPSA) is 88.5 Å². The Kier molecular flexibility index (Phi) is 3.56. The fraction of sp³-hybridized carbons (Fsp3) is 0. The van der Waals surface area contributed by atoms with E-state index in [1.807, 2.05) is 30.3 Å². The van der Waals surface area contributed by atoms with Crippen molar-refractivity contribution in [2.24, 2.45) is 0 Å². The van der Waals surface area contributed by atoms with Crippen molar-refractivity contribution in [3.05, 3.63) is 72.7 Å². The summed E-state index contributed by atoms with van der Waals surface area (Å²) in [4.78, 5) is 13.0. The van der Waals surface area contributed by atoms with Gasteiger partial charge in [0.1, 0.15) is 12.1 Å². The standard InChI is InChI=1S/C20H13N5/c21-10-13-1-3-14(4-2-13)20-17-9-15(5-7-18(17)24-12-25-20)16-6-8-19(22)23-11-16/h1-9,11-12H,(H2,22,23). The first-order chi connectivity index (χ1) is 12.2. The molecule has 0 aliphatic heterocycles. The van der Waals surface area contributed by atoms with Crippen LogP contribution in [0.5, 0.6) is 0 Å². The summed E-state index contributed by atoms with van der Waals surface area (Å²) in [6.45, 7) is 0. The molecule has 2 aromatic heterocycles. The molecule has 0 amide bonds. The van der Waals surface area contributed by atoms with Crippen LogP contribution < -0.4 is 5.73 Å². The fourth-order valence-electron chi connectivity index (χ4n) is 2.74. The van der Waals surface area contributed by atoms with E-state index in [0.29, 0.717) is 11.4 Å². The van der Waals surface area contributed by atoms with Gasteiger partial charge in [-0.15, -0.1) is 0 Å². The molecule has 0 fully saturated rings. The lowest BCUT2D eigenvalue weighted by molar-refractivity contribution is 1.22. The molecule has 0 aliphatic rings. The van der Waals surface area contributed by atoms with Gasteiger partial charge in [-0.3, -0.25) is 0 Å². The van der Waals surface area contributed by atoms with Gasteiger partial charge in [0.05, 0.1) is 22.8 Å². The van der Waals surface area contributed by atoms with Crippen LogP contribution in [0.1, 0.15) is 5.56 Å². The van der Waals surface area contributed by atoms with Gasteiger partial charge < -0.3 is 5.73 Å². The van der Waals surface area contributed by atoms with E-state index < -0.39 is 0 Å². The largest absolute Gasteiger partial charge is 0.384 e. The van der Waals surface area contributed by atoms with Crippen LogP contribution >= 0.6 is 0 Å². The zero-order valence-corrected chi connectivity index (χ0v) is 13.2. The average molecular weight is 323 g/mol. The lowest BCUT2D eigenvalue weighted by atomic mass is 10.0. The molecule has 0 aliphatic carbocycles. The first-order valence-electron chi connectivity index (χ1n) is 7.72. The van der Waals surface area contributed by atoms with E-state index in [4.69, 9.17) is 11.0 Å². The van der Waals surface area contributed by atoms with Crippen LogP contribution in [0.3, 0.4) is 0 Å². The van der Waals surface area contributed by atoms with Crippen molar-refractivity contribution in [1.82, 2.24) is 15.0 Å². The summed E-state index contributed by atoms with van der Waals surface area (Å²) in [5.74, 6) is 0.492. The van der Waals surface area contributed by atoms with E-state index in [-0.39, 0.29) is 0 Å². The third-order valence-corrected chi connectivity index (χ3v) is 4.04. The maximum atomic E-state index is 8.96. The second kappa shape index (κ2) is 6.02. The minimum Gasteiger partial charge on any atom is -0.384 e. The molecule has 0 atom stereocenters. The van der Waals surface area contributed by atoms with Gasteiger partial charge in [-0.2, -0.15) is 5.26 Å². The van der Waals surface area contributed by atoms with Crippen molar-refractivity contribution in [2.75, 3.05) is 5.73 Å². The Bertz CT molecular complexity index is 1090. The van der Waals surface area contributed by atoms with E-state index in [9.17, 15) is 0 Å². The Morgan fingerprint density at radius 3 is 2.28 bits per heavy atom.